The van der Waals surface area contributed by atoms with Crippen LogP contribution in [0.4, 0.5) is 5.69 Å². The van der Waals surface area contributed by atoms with E-state index in [-0.39, 0.29) is 11.5 Å². The van der Waals surface area contributed by atoms with Crippen LogP contribution < -0.4 is 10.9 Å². The second-order valence-electron chi connectivity index (χ2n) is 8.58. The van der Waals surface area contributed by atoms with Crippen molar-refractivity contribution in [2.45, 2.75) is 43.7 Å². The summed E-state index contributed by atoms with van der Waals surface area (Å²) in [4.78, 5) is 30.4. The Kier molecular flexibility index (Phi) is 6.77. The number of nitrogens with one attached hydrogen (secondary N) is 1. The van der Waals surface area contributed by atoms with Crippen molar-refractivity contribution < 1.29 is 4.79 Å². The first kappa shape index (κ1) is 22.4. The van der Waals surface area contributed by atoms with E-state index in [1.165, 1.54) is 17.5 Å². The molecule has 0 fully saturated rings. The summed E-state index contributed by atoms with van der Waals surface area (Å²) in [6.07, 6.45) is 5.58. The van der Waals surface area contributed by atoms with Crippen molar-refractivity contribution >= 4 is 34.3 Å². The first-order valence-electron chi connectivity index (χ1n) is 11.8. The highest BCUT2D eigenvalue weighted by Gasteiger charge is 2.14. The number of unbranched alkanes of at least 4 members (excludes halogenated alkanes) is 1. The van der Waals surface area contributed by atoms with Crippen molar-refractivity contribution in [3.05, 3.63) is 94.3 Å². The Morgan fingerprint density at radius 1 is 0.941 bits per heavy atom. The molecule has 0 aliphatic heterocycles. The van der Waals surface area contributed by atoms with E-state index >= 15 is 0 Å². The quantitative estimate of drug-likeness (QED) is 0.202. The summed E-state index contributed by atoms with van der Waals surface area (Å²) in [6, 6.07) is 23.3. The number of thioether (sulfide) groups is 1. The maximum atomic E-state index is 13.2. The maximum Gasteiger partial charge on any atom is 0.266 e. The number of hydrogen-bond acceptors (Lipinski definition) is 4. The third-order valence-electron chi connectivity index (χ3n) is 6.17. The van der Waals surface area contributed by atoms with Crippen LogP contribution in [0.3, 0.4) is 0 Å². The van der Waals surface area contributed by atoms with Gasteiger partial charge in [0.15, 0.2) is 5.16 Å². The Hall–Kier alpha value is -3.38. The molecular formula is C28H27N3O2S. The Morgan fingerprint density at radius 3 is 2.62 bits per heavy atom. The maximum absolute atomic E-state index is 13.2. The van der Waals surface area contributed by atoms with Gasteiger partial charge < -0.3 is 5.32 Å². The lowest BCUT2D eigenvalue weighted by molar-refractivity contribution is -0.116. The normalized spacial score (nSPS) is 12.6. The fourth-order valence-corrected chi connectivity index (χ4v) is 5.45. The number of para-hydroxylation sites is 2. The monoisotopic (exact) mass is 469 g/mol. The Balaban J connectivity index is 1.21. The van der Waals surface area contributed by atoms with E-state index in [2.05, 4.69) is 17.4 Å². The van der Waals surface area contributed by atoms with E-state index in [4.69, 9.17) is 4.98 Å². The molecule has 0 atom stereocenters. The molecule has 6 heteroatoms. The molecule has 1 aliphatic carbocycles. The van der Waals surface area contributed by atoms with Crippen molar-refractivity contribution in [1.82, 2.24) is 9.55 Å². The number of amides is 1. The summed E-state index contributed by atoms with van der Waals surface area (Å²) in [5, 5.41) is 4.32. The van der Waals surface area contributed by atoms with Crippen LogP contribution in [0.2, 0.25) is 0 Å². The zero-order valence-electron chi connectivity index (χ0n) is 19.0. The van der Waals surface area contributed by atoms with Crippen LogP contribution in [0.1, 0.15) is 36.8 Å². The van der Waals surface area contributed by atoms with Gasteiger partial charge in [0.2, 0.25) is 5.91 Å². The molecule has 0 unspecified atom stereocenters. The van der Waals surface area contributed by atoms with Crippen LogP contribution in [0.5, 0.6) is 0 Å². The van der Waals surface area contributed by atoms with E-state index in [9.17, 15) is 9.59 Å². The zero-order chi connectivity index (χ0) is 23.3. The first-order valence-corrected chi connectivity index (χ1v) is 12.8. The van der Waals surface area contributed by atoms with Gasteiger partial charge in [-0.25, -0.2) is 4.98 Å². The molecule has 0 saturated carbocycles. The van der Waals surface area contributed by atoms with Gasteiger partial charge in [0.05, 0.1) is 16.6 Å². The fourth-order valence-electron chi connectivity index (χ4n) is 4.44. The Bertz CT molecular complexity index is 1380. The van der Waals surface area contributed by atoms with Crippen molar-refractivity contribution in [2.24, 2.45) is 0 Å². The molecule has 0 saturated heterocycles. The van der Waals surface area contributed by atoms with Crippen LogP contribution in [-0.4, -0.2) is 21.2 Å². The van der Waals surface area contributed by atoms with E-state index in [0.29, 0.717) is 22.5 Å². The van der Waals surface area contributed by atoms with Gasteiger partial charge in [0.1, 0.15) is 0 Å². The summed E-state index contributed by atoms with van der Waals surface area (Å²) in [5.74, 6) is 0.831. The highest BCUT2D eigenvalue weighted by Crippen LogP contribution is 2.25. The number of anilines is 1. The second-order valence-corrected chi connectivity index (χ2v) is 9.64. The number of benzene rings is 3. The number of hydrogen-bond donors (Lipinski definition) is 1. The molecule has 1 heterocycles. The molecule has 5 nitrogen and oxygen atoms in total. The number of rotatable bonds is 8. The van der Waals surface area contributed by atoms with Crippen molar-refractivity contribution in [2.75, 3.05) is 11.1 Å². The minimum Gasteiger partial charge on any atom is -0.326 e. The van der Waals surface area contributed by atoms with E-state index in [0.717, 1.165) is 42.8 Å². The summed E-state index contributed by atoms with van der Waals surface area (Å²) in [7, 11) is 0. The van der Waals surface area contributed by atoms with E-state index in [1.807, 2.05) is 60.7 Å². The van der Waals surface area contributed by atoms with Crippen LogP contribution in [-0.2, 0) is 17.6 Å². The van der Waals surface area contributed by atoms with Gasteiger partial charge in [-0.2, -0.15) is 0 Å². The van der Waals surface area contributed by atoms with Crippen LogP contribution in [0.25, 0.3) is 16.6 Å². The predicted molar refractivity (Wildman–Crippen MR) is 139 cm³/mol. The van der Waals surface area contributed by atoms with E-state index < -0.39 is 0 Å². The molecule has 1 N–H and O–H groups in total. The topological polar surface area (TPSA) is 64.0 Å². The zero-order valence-corrected chi connectivity index (χ0v) is 19.8. The predicted octanol–water partition coefficient (Wildman–Crippen LogP) is 5.78. The molecule has 1 amide bonds. The Labute approximate surface area is 203 Å². The average Bonchev–Trinajstić information content (AvgIpc) is 3.32. The third-order valence-corrected chi connectivity index (χ3v) is 7.20. The third kappa shape index (κ3) is 4.92. The number of nitrogens with zero attached hydrogens (tertiary/aromatic N) is 2. The summed E-state index contributed by atoms with van der Waals surface area (Å²) in [6.45, 7) is 0. The lowest BCUT2D eigenvalue weighted by Gasteiger charge is -2.13. The number of fused-ring (bicyclic) bond motifs is 2. The summed E-state index contributed by atoms with van der Waals surface area (Å²) in [5.41, 5.74) is 5.12. The molecule has 0 radical (unpaired) electrons. The lowest BCUT2D eigenvalue weighted by Crippen LogP contribution is -2.21. The molecular weight excluding hydrogens is 442 g/mol. The van der Waals surface area contributed by atoms with Gasteiger partial charge in [-0.3, -0.25) is 14.2 Å². The van der Waals surface area contributed by atoms with Crippen molar-refractivity contribution in [3.63, 3.8) is 0 Å². The smallest absolute Gasteiger partial charge is 0.266 e. The van der Waals surface area contributed by atoms with Gasteiger partial charge in [0.25, 0.3) is 5.56 Å². The Morgan fingerprint density at radius 2 is 1.74 bits per heavy atom. The number of carbonyl (C=O) groups is 1. The lowest BCUT2D eigenvalue weighted by atomic mass is 10.1. The molecule has 1 aromatic heterocycles. The minimum atomic E-state index is -0.0620. The van der Waals surface area contributed by atoms with Gasteiger partial charge in [-0.05, 0) is 79.6 Å². The molecule has 34 heavy (non-hydrogen) atoms. The summed E-state index contributed by atoms with van der Waals surface area (Å²) < 4.78 is 1.69. The van der Waals surface area contributed by atoms with E-state index in [1.54, 1.807) is 16.3 Å². The number of carbonyl (C=O) groups excluding carboxylic acids is 1. The molecule has 0 bridgehead atoms. The van der Waals surface area contributed by atoms with Crippen LogP contribution in [0, 0.1) is 0 Å². The standard InChI is InChI=1S/C28H27N3O2S/c32-26(29-22-17-16-20-9-8-10-21(20)19-22)15-6-7-18-34-28-30-25-14-5-4-13-24(25)27(33)31(28)23-11-2-1-3-12-23/h1-5,11-14,16-17,19H,6-10,15,18H2,(H,29,32). The molecule has 1 aliphatic rings. The largest absolute Gasteiger partial charge is 0.326 e. The van der Waals surface area contributed by atoms with Gasteiger partial charge >= 0.3 is 0 Å². The SMILES string of the molecule is O=C(CCCCSc1nc2ccccc2c(=O)n1-c1ccccc1)Nc1ccc2c(c1)CCC2. The average molecular weight is 470 g/mol. The van der Waals surface area contributed by atoms with Gasteiger partial charge in [0, 0.05) is 17.9 Å². The van der Waals surface area contributed by atoms with Gasteiger partial charge in [-0.15, -0.1) is 0 Å². The van der Waals surface area contributed by atoms with Crippen molar-refractivity contribution in [1.29, 1.82) is 0 Å². The molecule has 3 aromatic carbocycles. The van der Waals surface area contributed by atoms with Gasteiger partial charge in [-0.1, -0.05) is 48.2 Å². The van der Waals surface area contributed by atoms with Crippen LogP contribution >= 0.6 is 11.8 Å². The number of aryl methyl sites for hydroxylation is 2. The fraction of sp³-hybridized carbons (Fsp3) is 0.250. The second kappa shape index (κ2) is 10.3. The molecule has 4 aromatic rings. The molecule has 0 spiro atoms. The highest BCUT2D eigenvalue weighted by molar-refractivity contribution is 7.99. The first-order chi connectivity index (χ1) is 16.7. The molecule has 172 valence electrons. The summed E-state index contributed by atoms with van der Waals surface area (Å²) >= 11 is 1.56. The minimum absolute atomic E-state index is 0.0490. The van der Waals surface area contributed by atoms with Crippen LogP contribution in [0.15, 0.2) is 82.7 Å². The van der Waals surface area contributed by atoms with Crippen molar-refractivity contribution in [3.8, 4) is 5.69 Å². The molecule has 5 rings (SSSR count). The highest BCUT2D eigenvalue weighted by atomic mass is 32.2. The number of aromatic nitrogens is 2.